The Kier molecular flexibility index (Phi) is 7.63. The van der Waals surface area contributed by atoms with Crippen LogP contribution in [0.2, 0.25) is 5.02 Å². The molecule has 4 aromatic rings. The number of hydrogen-bond acceptors (Lipinski definition) is 7. The van der Waals surface area contributed by atoms with Gasteiger partial charge in [-0.2, -0.15) is 23.5 Å². The maximum absolute atomic E-state index is 14.9. The number of hydrogen-bond donors (Lipinski definition) is 1. The number of fused-ring (bicyclic) bond motifs is 1. The van der Waals surface area contributed by atoms with Gasteiger partial charge in [-0.05, 0) is 87.0 Å². The van der Waals surface area contributed by atoms with Crippen LogP contribution in [0.1, 0.15) is 66.7 Å². The highest BCUT2D eigenvalue weighted by molar-refractivity contribution is 6.30. The van der Waals surface area contributed by atoms with Crippen molar-refractivity contribution in [3.8, 4) is 29.0 Å². The third kappa shape index (κ3) is 6.00. The number of ether oxygens (including phenoxy) is 2. The summed E-state index contributed by atoms with van der Waals surface area (Å²) in [4.78, 5) is 10.4. The molecule has 8 nitrogen and oxygen atoms in total. The summed E-state index contributed by atoms with van der Waals surface area (Å²) in [6.45, 7) is 3.35. The molecule has 0 amide bonds. The van der Waals surface area contributed by atoms with Crippen LogP contribution in [0, 0.1) is 28.4 Å². The first-order valence-corrected chi connectivity index (χ1v) is 15.5. The zero-order valence-corrected chi connectivity index (χ0v) is 25.9. The number of piperidine rings is 1. The first-order chi connectivity index (χ1) is 22.4. The van der Waals surface area contributed by atoms with Crippen LogP contribution in [0.5, 0.6) is 11.5 Å². The SMILES string of the molecule is CC1(c2ccc(Cl)cc2F)Oc2c(F)ccc(C3CCN(Cc4ncc(-c5n[nH]c(C(F)(F)F)n5)cc4CC4(C#N)CC4)CC3)c2O1. The molecule has 2 aromatic carbocycles. The van der Waals surface area contributed by atoms with Gasteiger partial charge in [-0.3, -0.25) is 15.0 Å². The van der Waals surface area contributed by atoms with Gasteiger partial charge < -0.3 is 9.47 Å². The Labute approximate surface area is 271 Å². The highest BCUT2D eigenvalue weighted by Gasteiger charge is 2.45. The van der Waals surface area contributed by atoms with Gasteiger partial charge in [0.2, 0.25) is 11.6 Å². The van der Waals surface area contributed by atoms with E-state index in [1.807, 2.05) is 5.10 Å². The van der Waals surface area contributed by atoms with Gasteiger partial charge in [0.05, 0.1) is 22.7 Å². The zero-order chi connectivity index (χ0) is 33.1. The number of halogens is 6. The second kappa shape index (κ2) is 11.5. The van der Waals surface area contributed by atoms with Crippen LogP contribution in [-0.2, 0) is 24.9 Å². The lowest BCUT2D eigenvalue weighted by atomic mass is 9.88. The summed E-state index contributed by atoms with van der Waals surface area (Å²) >= 11 is 5.92. The number of nitrogens with zero attached hydrogens (tertiary/aromatic N) is 5. The van der Waals surface area contributed by atoms with E-state index >= 15 is 0 Å². The van der Waals surface area contributed by atoms with Gasteiger partial charge in [-0.25, -0.2) is 13.8 Å². The average molecular weight is 671 g/mol. The zero-order valence-electron chi connectivity index (χ0n) is 25.1. The molecule has 1 saturated heterocycles. The molecule has 1 aliphatic carbocycles. The summed E-state index contributed by atoms with van der Waals surface area (Å²) in [7, 11) is 0. The Hall–Kier alpha value is -4.28. The highest BCUT2D eigenvalue weighted by atomic mass is 35.5. The van der Waals surface area contributed by atoms with E-state index in [1.165, 1.54) is 31.3 Å². The Morgan fingerprint density at radius 1 is 1.06 bits per heavy atom. The van der Waals surface area contributed by atoms with Crippen molar-refractivity contribution in [2.24, 2.45) is 5.41 Å². The minimum Gasteiger partial charge on any atom is -0.444 e. The Bertz CT molecular complexity index is 1900. The maximum atomic E-state index is 14.9. The van der Waals surface area contributed by atoms with Gasteiger partial charge in [0.1, 0.15) is 5.82 Å². The molecule has 14 heteroatoms. The first kappa shape index (κ1) is 31.3. The number of alkyl halides is 3. The normalized spacial score (nSPS) is 20.7. The van der Waals surface area contributed by atoms with Gasteiger partial charge >= 0.3 is 6.18 Å². The summed E-state index contributed by atoms with van der Waals surface area (Å²) < 4.78 is 81.2. The molecule has 1 N–H and O–H groups in total. The molecule has 244 valence electrons. The van der Waals surface area contributed by atoms with Gasteiger partial charge in [-0.15, -0.1) is 0 Å². The van der Waals surface area contributed by atoms with Crippen LogP contribution >= 0.6 is 11.6 Å². The minimum atomic E-state index is -4.66. The van der Waals surface area contributed by atoms with Crippen molar-refractivity contribution >= 4 is 11.6 Å². The number of benzene rings is 2. The highest BCUT2D eigenvalue weighted by Crippen LogP contribution is 2.51. The Morgan fingerprint density at radius 3 is 2.47 bits per heavy atom. The Morgan fingerprint density at radius 2 is 1.81 bits per heavy atom. The van der Waals surface area contributed by atoms with E-state index in [4.69, 9.17) is 21.1 Å². The smallest absolute Gasteiger partial charge is 0.444 e. The minimum absolute atomic E-state index is 0.0123. The molecule has 2 aliphatic heterocycles. The molecular weight excluding hydrogens is 643 g/mol. The molecule has 3 aliphatic rings. The van der Waals surface area contributed by atoms with Gasteiger partial charge in [-0.1, -0.05) is 17.7 Å². The lowest BCUT2D eigenvalue weighted by Gasteiger charge is -2.33. The van der Waals surface area contributed by atoms with Crippen LogP contribution < -0.4 is 9.47 Å². The van der Waals surface area contributed by atoms with E-state index in [0.717, 1.165) is 35.7 Å². The number of likely N-dealkylation sites (tertiary alicyclic amines) is 1. The predicted octanol–water partition coefficient (Wildman–Crippen LogP) is 7.69. The molecule has 0 spiro atoms. The largest absolute Gasteiger partial charge is 0.451 e. The fourth-order valence-electron chi connectivity index (χ4n) is 6.39. The van der Waals surface area contributed by atoms with Crippen LogP contribution in [-0.4, -0.2) is 38.2 Å². The lowest BCUT2D eigenvalue weighted by Crippen LogP contribution is -2.34. The fourth-order valence-corrected chi connectivity index (χ4v) is 6.54. The van der Waals surface area contributed by atoms with Crippen molar-refractivity contribution in [3.63, 3.8) is 0 Å². The monoisotopic (exact) mass is 670 g/mol. The quantitative estimate of drug-likeness (QED) is 0.201. The summed E-state index contributed by atoms with van der Waals surface area (Å²) in [6.07, 6.45) is 0.137. The molecule has 2 aromatic heterocycles. The summed E-state index contributed by atoms with van der Waals surface area (Å²) in [5.74, 6) is -3.91. The number of aromatic nitrogens is 4. The predicted molar refractivity (Wildman–Crippen MR) is 159 cm³/mol. The van der Waals surface area contributed by atoms with E-state index in [1.54, 1.807) is 12.1 Å². The molecule has 2 fully saturated rings. The second-order valence-corrected chi connectivity index (χ2v) is 13.0. The number of rotatable bonds is 7. The molecule has 47 heavy (non-hydrogen) atoms. The maximum Gasteiger partial charge on any atom is 0.451 e. The standard InChI is InChI=1S/C33H28ClF5N6O2/c1-31(23-4-2-21(34)13-25(23)36)46-27-22(3-5-24(35)28(27)47-31)18-6-10-45(11-7-18)16-26-19(14-32(17-40)8-9-32)12-20(15-41-26)29-42-30(44-43-29)33(37,38)39/h2-5,12-13,15,18H,6-11,14,16H2,1H3,(H,42,43,44). The molecule has 1 saturated carbocycles. The topological polar surface area (TPSA) is 100.0 Å². The number of nitrogens with one attached hydrogen (secondary N) is 1. The third-order valence-corrected chi connectivity index (χ3v) is 9.44. The van der Waals surface area contributed by atoms with Crippen molar-refractivity contribution < 1.29 is 31.4 Å². The van der Waals surface area contributed by atoms with Gasteiger partial charge in [0.15, 0.2) is 17.4 Å². The molecule has 0 radical (unpaired) electrons. The van der Waals surface area contributed by atoms with Crippen molar-refractivity contribution in [1.82, 2.24) is 25.1 Å². The second-order valence-electron chi connectivity index (χ2n) is 12.5. The number of nitriles is 1. The molecule has 1 atom stereocenters. The average Bonchev–Trinajstić information content (AvgIpc) is 3.43. The van der Waals surface area contributed by atoms with Crippen molar-refractivity contribution in [2.45, 2.75) is 63.5 Å². The van der Waals surface area contributed by atoms with Crippen LogP contribution in [0.4, 0.5) is 22.0 Å². The summed E-state index contributed by atoms with van der Waals surface area (Å²) in [5, 5.41) is 15.6. The molecule has 7 rings (SSSR count). The van der Waals surface area contributed by atoms with Crippen LogP contribution in [0.3, 0.4) is 0 Å². The van der Waals surface area contributed by atoms with Crippen molar-refractivity contribution in [3.05, 3.63) is 87.5 Å². The number of pyridine rings is 1. The molecule has 0 bridgehead atoms. The first-order valence-electron chi connectivity index (χ1n) is 15.1. The Balaban J connectivity index is 1.08. The van der Waals surface area contributed by atoms with Gasteiger partial charge in [0.25, 0.3) is 5.79 Å². The molecule has 1 unspecified atom stereocenters. The van der Waals surface area contributed by atoms with E-state index < -0.39 is 34.8 Å². The van der Waals surface area contributed by atoms with E-state index in [2.05, 4.69) is 26.0 Å². The molecule has 4 heterocycles. The summed E-state index contributed by atoms with van der Waals surface area (Å²) in [6, 6.07) is 11.3. The molecular formula is C33H28ClF5N6O2. The lowest BCUT2D eigenvalue weighted by molar-refractivity contribution is -0.144. The third-order valence-electron chi connectivity index (χ3n) is 9.20. The van der Waals surface area contributed by atoms with Crippen molar-refractivity contribution in [2.75, 3.05) is 13.1 Å². The fraction of sp³-hybridized carbons (Fsp3) is 0.394. The van der Waals surface area contributed by atoms with Crippen LogP contribution in [0.25, 0.3) is 11.4 Å². The van der Waals surface area contributed by atoms with E-state index in [0.29, 0.717) is 44.5 Å². The van der Waals surface area contributed by atoms with E-state index in [-0.39, 0.29) is 33.8 Å². The van der Waals surface area contributed by atoms with Crippen LogP contribution in [0.15, 0.2) is 42.6 Å². The van der Waals surface area contributed by atoms with Gasteiger partial charge in [0, 0.05) is 35.8 Å². The summed E-state index contributed by atoms with van der Waals surface area (Å²) in [5.41, 5.74) is 2.21. The van der Waals surface area contributed by atoms with E-state index in [9.17, 15) is 27.2 Å². The number of aromatic amines is 1. The van der Waals surface area contributed by atoms with Crippen molar-refractivity contribution in [1.29, 1.82) is 5.26 Å². The number of H-pyrrole nitrogens is 1.